The predicted molar refractivity (Wildman–Crippen MR) is 120 cm³/mol. The number of carbonyl (C=O) groups is 2. The molecule has 1 saturated carbocycles. The summed E-state index contributed by atoms with van der Waals surface area (Å²) in [5.41, 5.74) is 0.747. The third-order valence-electron chi connectivity index (χ3n) is 5.78. The number of hydrogen-bond acceptors (Lipinski definition) is 4. The molecule has 1 aliphatic carbocycles. The molecular formula is C25H31FN2O4. The van der Waals surface area contributed by atoms with Gasteiger partial charge in [0.2, 0.25) is 5.91 Å². The molecule has 1 atom stereocenters. The smallest absolute Gasteiger partial charge is 0.261 e. The molecule has 172 valence electrons. The van der Waals surface area contributed by atoms with Gasteiger partial charge in [-0.25, -0.2) is 4.39 Å². The van der Waals surface area contributed by atoms with Crippen molar-refractivity contribution in [3.63, 3.8) is 0 Å². The zero-order chi connectivity index (χ0) is 22.9. The van der Waals surface area contributed by atoms with Gasteiger partial charge < -0.3 is 19.7 Å². The summed E-state index contributed by atoms with van der Waals surface area (Å²) >= 11 is 0. The Bertz CT molecular complexity index is 880. The highest BCUT2D eigenvalue weighted by molar-refractivity contribution is 5.88. The van der Waals surface area contributed by atoms with Crippen LogP contribution in [0.2, 0.25) is 0 Å². The highest BCUT2D eigenvalue weighted by Gasteiger charge is 2.30. The maximum Gasteiger partial charge on any atom is 0.261 e. The molecule has 0 saturated heterocycles. The number of nitrogens with zero attached hydrogens (tertiary/aromatic N) is 1. The largest absolute Gasteiger partial charge is 0.497 e. The van der Waals surface area contributed by atoms with Crippen LogP contribution in [0.3, 0.4) is 0 Å². The number of nitrogens with one attached hydrogen (secondary N) is 1. The lowest BCUT2D eigenvalue weighted by Crippen LogP contribution is -2.52. The third kappa shape index (κ3) is 6.45. The van der Waals surface area contributed by atoms with Crippen LogP contribution in [-0.2, 0) is 16.1 Å². The monoisotopic (exact) mass is 442 g/mol. The number of benzene rings is 2. The fraction of sp³-hybridized carbons (Fsp3) is 0.440. The van der Waals surface area contributed by atoms with Crippen molar-refractivity contribution >= 4 is 11.8 Å². The van der Waals surface area contributed by atoms with Crippen molar-refractivity contribution in [1.82, 2.24) is 10.2 Å². The molecule has 32 heavy (non-hydrogen) atoms. The van der Waals surface area contributed by atoms with Gasteiger partial charge >= 0.3 is 0 Å². The Labute approximate surface area is 188 Å². The molecule has 0 bridgehead atoms. The highest BCUT2D eigenvalue weighted by Crippen LogP contribution is 2.20. The van der Waals surface area contributed by atoms with E-state index in [1.807, 2.05) is 6.92 Å². The topological polar surface area (TPSA) is 67.9 Å². The average molecular weight is 443 g/mol. The van der Waals surface area contributed by atoms with Gasteiger partial charge in [-0.05, 0) is 61.2 Å². The molecule has 1 fully saturated rings. The number of carbonyl (C=O) groups excluding carboxylic acids is 2. The fourth-order valence-corrected chi connectivity index (χ4v) is 3.97. The Balaban J connectivity index is 1.73. The number of amides is 2. The summed E-state index contributed by atoms with van der Waals surface area (Å²) in [7, 11) is 1.58. The summed E-state index contributed by atoms with van der Waals surface area (Å²) in [6, 6.07) is 12.4. The zero-order valence-electron chi connectivity index (χ0n) is 18.7. The van der Waals surface area contributed by atoms with Crippen LogP contribution in [0.5, 0.6) is 11.5 Å². The van der Waals surface area contributed by atoms with E-state index in [0.29, 0.717) is 17.9 Å². The van der Waals surface area contributed by atoms with Gasteiger partial charge in [0.05, 0.1) is 7.11 Å². The Morgan fingerprint density at radius 3 is 2.28 bits per heavy atom. The minimum Gasteiger partial charge on any atom is -0.497 e. The summed E-state index contributed by atoms with van der Waals surface area (Å²) in [5, 5.41) is 3.10. The normalized spacial score (nSPS) is 14.6. The van der Waals surface area contributed by atoms with Crippen LogP contribution in [0.1, 0.15) is 44.6 Å². The lowest BCUT2D eigenvalue weighted by molar-refractivity contribution is -0.143. The molecule has 0 spiro atoms. The van der Waals surface area contributed by atoms with Crippen LogP contribution >= 0.6 is 0 Å². The number of halogens is 1. The minimum absolute atomic E-state index is 0.153. The Hall–Kier alpha value is -3.09. The van der Waals surface area contributed by atoms with E-state index in [9.17, 15) is 14.0 Å². The molecule has 1 aliphatic rings. The van der Waals surface area contributed by atoms with Crippen LogP contribution < -0.4 is 14.8 Å². The quantitative estimate of drug-likeness (QED) is 0.602. The van der Waals surface area contributed by atoms with Gasteiger partial charge in [-0.3, -0.25) is 9.59 Å². The van der Waals surface area contributed by atoms with Gasteiger partial charge in [-0.2, -0.15) is 0 Å². The Morgan fingerprint density at radius 2 is 1.69 bits per heavy atom. The molecular weight excluding hydrogens is 411 g/mol. The van der Waals surface area contributed by atoms with Gasteiger partial charge in [-0.1, -0.05) is 31.9 Å². The minimum atomic E-state index is -0.632. The second-order valence-corrected chi connectivity index (χ2v) is 8.03. The first-order valence-corrected chi connectivity index (χ1v) is 11.1. The van der Waals surface area contributed by atoms with Crippen LogP contribution in [0.15, 0.2) is 48.5 Å². The molecule has 2 amide bonds. The number of ether oxygens (including phenoxy) is 2. The molecule has 2 aromatic rings. The van der Waals surface area contributed by atoms with Crippen molar-refractivity contribution < 1.29 is 23.5 Å². The first kappa shape index (κ1) is 23.6. The van der Waals surface area contributed by atoms with Gasteiger partial charge in [0.1, 0.15) is 23.4 Å². The summed E-state index contributed by atoms with van der Waals surface area (Å²) in [5.74, 6) is 0.416. The lowest BCUT2D eigenvalue weighted by Gasteiger charge is -2.31. The van der Waals surface area contributed by atoms with Crippen LogP contribution in [0, 0.1) is 5.82 Å². The van der Waals surface area contributed by atoms with E-state index >= 15 is 0 Å². The van der Waals surface area contributed by atoms with Gasteiger partial charge in [0, 0.05) is 12.6 Å². The van der Waals surface area contributed by atoms with Crippen LogP contribution in [-0.4, -0.2) is 42.5 Å². The molecule has 0 unspecified atom stereocenters. The molecule has 0 heterocycles. The molecule has 6 nitrogen and oxygen atoms in total. The Kier molecular flexibility index (Phi) is 8.48. The molecule has 3 rings (SSSR count). The van der Waals surface area contributed by atoms with Gasteiger partial charge in [0.25, 0.3) is 5.91 Å². The average Bonchev–Trinajstić information content (AvgIpc) is 3.32. The van der Waals surface area contributed by atoms with Crippen LogP contribution in [0.4, 0.5) is 4.39 Å². The zero-order valence-corrected chi connectivity index (χ0v) is 18.7. The van der Waals surface area contributed by atoms with Crippen molar-refractivity contribution in [2.45, 2.75) is 57.7 Å². The second kappa shape index (κ2) is 11.5. The Morgan fingerprint density at radius 1 is 1.06 bits per heavy atom. The summed E-state index contributed by atoms with van der Waals surface area (Å²) < 4.78 is 24.2. The molecule has 7 heteroatoms. The summed E-state index contributed by atoms with van der Waals surface area (Å²) in [4.78, 5) is 27.7. The van der Waals surface area contributed by atoms with Crippen LogP contribution in [0.25, 0.3) is 0 Å². The first-order chi connectivity index (χ1) is 15.5. The van der Waals surface area contributed by atoms with Crippen molar-refractivity contribution in [2.75, 3.05) is 13.7 Å². The molecule has 0 aliphatic heterocycles. The standard InChI is InChI=1S/C25H31FN2O4/c1-3-23(25(30)27-20-6-4-5-7-20)28(16-18-8-10-19(26)11-9-18)24(29)17-32-22-14-12-21(31-2)13-15-22/h8-15,20,23H,3-7,16-17H2,1-2H3,(H,27,30)/t23-/m1/s1. The lowest BCUT2D eigenvalue weighted by atomic mass is 10.1. The van der Waals surface area contributed by atoms with Crippen molar-refractivity contribution in [2.24, 2.45) is 0 Å². The van der Waals surface area contributed by atoms with E-state index in [1.165, 1.54) is 17.0 Å². The summed E-state index contributed by atoms with van der Waals surface area (Å²) in [6.45, 7) is 1.87. The van der Waals surface area contributed by atoms with Crippen molar-refractivity contribution in [1.29, 1.82) is 0 Å². The van der Waals surface area contributed by atoms with E-state index in [2.05, 4.69) is 5.32 Å². The van der Waals surface area contributed by atoms with E-state index in [4.69, 9.17) is 9.47 Å². The van der Waals surface area contributed by atoms with E-state index < -0.39 is 6.04 Å². The maximum atomic E-state index is 13.4. The molecule has 0 aromatic heterocycles. The maximum absolute atomic E-state index is 13.4. The fourth-order valence-electron chi connectivity index (χ4n) is 3.97. The van der Waals surface area contributed by atoms with E-state index in [0.717, 1.165) is 31.2 Å². The van der Waals surface area contributed by atoms with Crippen molar-refractivity contribution in [3.05, 3.63) is 59.9 Å². The van der Waals surface area contributed by atoms with Crippen molar-refractivity contribution in [3.8, 4) is 11.5 Å². The number of methoxy groups -OCH3 is 1. The van der Waals surface area contributed by atoms with Gasteiger partial charge in [-0.15, -0.1) is 0 Å². The molecule has 0 radical (unpaired) electrons. The molecule has 2 aromatic carbocycles. The number of rotatable bonds is 10. The van der Waals surface area contributed by atoms with E-state index in [-0.39, 0.29) is 36.8 Å². The van der Waals surface area contributed by atoms with E-state index in [1.54, 1.807) is 43.5 Å². The van der Waals surface area contributed by atoms with Gasteiger partial charge in [0.15, 0.2) is 6.61 Å². The third-order valence-corrected chi connectivity index (χ3v) is 5.78. The highest BCUT2D eigenvalue weighted by atomic mass is 19.1. The molecule has 1 N–H and O–H groups in total. The predicted octanol–water partition coefficient (Wildman–Crippen LogP) is 4.08. The number of hydrogen-bond donors (Lipinski definition) is 1. The second-order valence-electron chi connectivity index (χ2n) is 8.03. The first-order valence-electron chi connectivity index (χ1n) is 11.1. The summed E-state index contributed by atoms with van der Waals surface area (Å²) in [6.07, 6.45) is 4.61. The SMILES string of the molecule is CC[C@H](C(=O)NC1CCCC1)N(Cc1ccc(F)cc1)C(=O)COc1ccc(OC)cc1.